The van der Waals surface area contributed by atoms with Crippen molar-refractivity contribution in [1.29, 1.82) is 0 Å². The van der Waals surface area contributed by atoms with Crippen LogP contribution in [0.5, 0.6) is 0 Å². The lowest BCUT2D eigenvalue weighted by atomic mass is 10.3. The van der Waals surface area contributed by atoms with Gasteiger partial charge in [0.2, 0.25) is 5.95 Å². The molecule has 8 heteroatoms. The Morgan fingerprint density at radius 3 is 2.30 bits per heavy atom. The molecule has 2 heterocycles. The van der Waals surface area contributed by atoms with Gasteiger partial charge in [-0.3, -0.25) is 0 Å². The zero-order chi connectivity index (χ0) is 17.2. The van der Waals surface area contributed by atoms with E-state index < -0.39 is 12.7 Å². The predicted octanol–water partition coefficient (Wildman–Crippen LogP) is 3.52. The van der Waals surface area contributed by atoms with Crippen molar-refractivity contribution in [1.82, 2.24) is 14.5 Å². The van der Waals surface area contributed by atoms with Crippen molar-refractivity contribution in [2.75, 3.05) is 5.43 Å². The Labute approximate surface area is 132 Å². The Bertz CT molecular complexity index is 711. The molecule has 0 atom stereocenters. The Kier molecular flexibility index (Phi) is 4.72. The highest BCUT2D eigenvalue weighted by Gasteiger charge is 2.29. The molecule has 0 unspecified atom stereocenters. The fraction of sp³-hybridized carbons (Fsp3) is 0.400. The van der Waals surface area contributed by atoms with Crippen LogP contribution in [0.3, 0.4) is 0 Å². The molecule has 0 saturated carbocycles. The minimum Gasteiger partial charge on any atom is -0.339 e. The van der Waals surface area contributed by atoms with Crippen LogP contribution in [-0.4, -0.2) is 26.9 Å². The van der Waals surface area contributed by atoms with E-state index in [-0.39, 0.29) is 0 Å². The van der Waals surface area contributed by atoms with E-state index in [0.717, 1.165) is 11.4 Å². The molecule has 2 rings (SSSR count). The van der Waals surface area contributed by atoms with E-state index >= 15 is 0 Å². The van der Waals surface area contributed by atoms with Crippen LogP contribution >= 0.6 is 0 Å². The number of hydrogen-bond acceptors (Lipinski definition) is 4. The second kappa shape index (κ2) is 6.39. The second-order valence-corrected chi connectivity index (χ2v) is 5.37. The van der Waals surface area contributed by atoms with Crippen molar-refractivity contribution >= 4 is 12.2 Å². The highest BCUT2D eigenvalue weighted by molar-refractivity contribution is 5.82. The van der Waals surface area contributed by atoms with E-state index in [9.17, 15) is 13.2 Å². The molecule has 0 aliphatic heterocycles. The molecule has 0 bridgehead atoms. The van der Waals surface area contributed by atoms with E-state index in [1.807, 2.05) is 19.9 Å². The molecule has 5 nitrogen and oxygen atoms in total. The van der Waals surface area contributed by atoms with Crippen LogP contribution in [-0.2, 0) is 6.54 Å². The number of nitrogens with one attached hydrogen (secondary N) is 1. The first-order valence-electron chi connectivity index (χ1n) is 7.00. The summed E-state index contributed by atoms with van der Waals surface area (Å²) < 4.78 is 38.9. The number of hydrazone groups is 1. The molecular formula is C15H18F3N5. The maximum absolute atomic E-state index is 12.6. The number of alkyl halides is 3. The number of aryl methyl sites for hydroxylation is 3. The third-order valence-corrected chi connectivity index (χ3v) is 3.30. The van der Waals surface area contributed by atoms with Gasteiger partial charge in [0.25, 0.3) is 0 Å². The van der Waals surface area contributed by atoms with Crippen LogP contribution in [0.1, 0.15) is 28.3 Å². The summed E-state index contributed by atoms with van der Waals surface area (Å²) in [5.41, 5.74) is 5.96. The van der Waals surface area contributed by atoms with Gasteiger partial charge in [-0.05, 0) is 39.8 Å². The lowest BCUT2D eigenvalue weighted by molar-refractivity contribution is -0.141. The first kappa shape index (κ1) is 17.0. The van der Waals surface area contributed by atoms with Crippen LogP contribution in [0.4, 0.5) is 19.1 Å². The van der Waals surface area contributed by atoms with Crippen molar-refractivity contribution in [2.45, 2.75) is 40.4 Å². The molecule has 0 fully saturated rings. The molecule has 0 saturated heterocycles. The van der Waals surface area contributed by atoms with E-state index in [1.54, 1.807) is 19.9 Å². The SMILES string of the molecule is Cc1cc(C)nc(N/N=C/c2cc(C)n(CC(F)(F)F)c2C)n1. The first-order chi connectivity index (χ1) is 10.7. The summed E-state index contributed by atoms with van der Waals surface area (Å²) in [6, 6.07) is 3.49. The smallest absolute Gasteiger partial charge is 0.339 e. The Balaban J connectivity index is 2.15. The number of rotatable bonds is 4. The van der Waals surface area contributed by atoms with Crippen molar-refractivity contribution in [3.8, 4) is 0 Å². The number of halogens is 3. The van der Waals surface area contributed by atoms with Gasteiger partial charge in [0.05, 0.1) is 6.21 Å². The van der Waals surface area contributed by atoms with Gasteiger partial charge < -0.3 is 4.57 Å². The first-order valence-corrected chi connectivity index (χ1v) is 7.00. The van der Waals surface area contributed by atoms with Gasteiger partial charge in [0, 0.05) is 28.3 Å². The summed E-state index contributed by atoms with van der Waals surface area (Å²) in [6.45, 7) is 5.94. The maximum atomic E-state index is 12.6. The molecule has 124 valence electrons. The third kappa shape index (κ3) is 4.54. The van der Waals surface area contributed by atoms with Crippen molar-refractivity contribution < 1.29 is 13.2 Å². The molecular weight excluding hydrogens is 307 g/mol. The van der Waals surface area contributed by atoms with Gasteiger partial charge in [0.1, 0.15) is 6.54 Å². The molecule has 0 spiro atoms. The second-order valence-electron chi connectivity index (χ2n) is 5.37. The lowest BCUT2D eigenvalue weighted by Gasteiger charge is -2.12. The minimum atomic E-state index is -4.26. The minimum absolute atomic E-state index is 0.350. The van der Waals surface area contributed by atoms with Gasteiger partial charge in [-0.25, -0.2) is 15.4 Å². The topological polar surface area (TPSA) is 55.1 Å². The zero-order valence-corrected chi connectivity index (χ0v) is 13.4. The summed E-state index contributed by atoms with van der Waals surface area (Å²) >= 11 is 0. The maximum Gasteiger partial charge on any atom is 0.406 e. The van der Waals surface area contributed by atoms with E-state index in [0.29, 0.717) is 22.9 Å². The monoisotopic (exact) mass is 325 g/mol. The van der Waals surface area contributed by atoms with Gasteiger partial charge in [-0.2, -0.15) is 18.3 Å². The zero-order valence-electron chi connectivity index (χ0n) is 13.4. The molecule has 0 radical (unpaired) electrons. The Hall–Kier alpha value is -2.38. The van der Waals surface area contributed by atoms with Gasteiger partial charge >= 0.3 is 6.18 Å². The molecule has 23 heavy (non-hydrogen) atoms. The third-order valence-electron chi connectivity index (χ3n) is 3.30. The summed E-state index contributed by atoms with van der Waals surface area (Å²) in [6.07, 6.45) is -2.79. The Morgan fingerprint density at radius 2 is 1.74 bits per heavy atom. The number of anilines is 1. The normalized spacial score (nSPS) is 12.1. The number of hydrogen-bond donors (Lipinski definition) is 1. The lowest BCUT2D eigenvalue weighted by Crippen LogP contribution is -2.19. The largest absolute Gasteiger partial charge is 0.406 e. The molecule has 1 N–H and O–H groups in total. The van der Waals surface area contributed by atoms with Crippen LogP contribution in [0, 0.1) is 27.7 Å². The van der Waals surface area contributed by atoms with Crippen LogP contribution in [0.25, 0.3) is 0 Å². The standard InChI is InChI=1S/C15H18F3N5/c1-9-5-10(2)21-14(20-9)22-19-7-13-6-11(3)23(12(13)4)8-15(16,17)18/h5-7H,8H2,1-4H3,(H,20,21,22)/b19-7+. The molecule has 0 aromatic carbocycles. The van der Waals surface area contributed by atoms with E-state index in [4.69, 9.17) is 0 Å². The quantitative estimate of drug-likeness (QED) is 0.691. The van der Waals surface area contributed by atoms with Crippen molar-refractivity contribution in [3.63, 3.8) is 0 Å². The summed E-state index contributed by atoms with van der Waals surface area (Å²) in [4.78, 5) is 8.34. The fourth-order valence-electron chi connectivity index (χ4n) is 2.32. The highest BCUT2D eigenvalue weighted by Crippen LogP contribution is 2.22. The highest BCUT2D eigenvalue weighted by atomic mass is 19.4. The Morgan fingerprint density at radius 1 is 1.13 bits per heavy atom. The number of nitrogens with zero attached hydrogens (tertiary/aromatic N) is 4. The van der Waals surface area contributed by atoms with Gasteiger partial charge in [-0.15, -0.1) is 0 Å². The van der Waals surface area contributed by atoms with Gasteiger partial charge in [0.15, 0.2) is 0 Å². The molecule has 2 aromatic rings. The predicted molar refractivity (Wildman–Crippen MR) is 82.7 cm³/mol. The molecule has 0 aliphatic rings. The van der Waals surface area contributed by atoms with Crippen molar-refractivity contribution in [2.24, 2.45) is 5.10 Å². The van der Waals surface area contributed by atoms with E-state index in [2.05, 4.69) is 20.5 Å². The molecule has 0 amide bonds. The summed E-state index contributed by atoms with van der Waals surface area (Å²) in [7, 11) is 0. The average molecular weight is 325 g/mol. The van der Waals surface area contributed by atoms with Gasteiger partial charge in [-0.1, -0.05) is 0 Å². The number of aromatic nitrogens is 3. The summed E-state index contributed by atoms with van der Waals surface area (Å²) in [5.74, 6) is 0.350. The fourth-order valence-corrected chi connectivity index (χ4v) is 2.32. The van der Waals surface area contributed by atoms with Crippen LogP contribution in [0.2, 0.25) is 0 Å². The average Bonchev–Trinajstić information content (AvgIpc) is 2.64. The van der Waals surface area contributed by atoms with Crippen LogP contribution in [0.15, 0.2) is 17.2 Å². The molecule has 2 aromatic heterocycles. The van der Waals surface area contributed by atoms with Crippen LogP contribution < -0.4 is 5.43 Å². The van der Waals surface area contributed by atoms with Crippen molar-refractivity contribution in [3.05, 3.63) is 40.5 Å². The summed E-state index contributed by atoms with van der Waals surface area (Å²) in [5, 5.41) is 4.01. The molecule has 0 aliphatic carbocycles. The van der Waals surface area contributed by atoms with E-state index in [1.165, 1.54) is 10.8 Å².